The Hall–Kier alpha value is -0.780. The third-order valence-electron chi connectivity index (χ3n) is 1.61. The van der Waals surface area contributed by atoms with Gasteiger partial charge in [0.2, 0.25) is 0 Å². The lowest BCUT2D eigenvalue weighted by atomic mass is 10.1. The van der Waals surface area contributed by atoms with Crippen molar-refractivity contribution in [2.75, 3.05) is 11.9 Å². The number of nitrogens with one attached hydrogen (secondary N) is 1. The van der Waals surface area contributed by atoms with E-state index in [2.05, 4.69) is 27.9 Å². The molecule has 70 valence electrons. The van der Waals surface area contributed by atoms with E-state index in [1.54, 1.807) is 6.07 Å². The Kier molecular flexibility index (Phi) is 3.53. The number of anilines is 1. The summed E-state index contributed by atoms with van der Waals surface area (Å²) in [6.07, 6.45) is 0. The first-order valence-electron chi connectivity index (χ1n) is 3.98. The molecule has 0 aromatic heterocycles. The molecule has 0 saturated heterocycles. The van der Waals surface area contributed by atoms with Gasteiger partial charge in [0, 0.05) is 15.8 Å². The summed E-state index contributed by atoms with van der Waals surface area (Å²) in [6.45, 7) is 2.75. The molecular formula is C9H11IN2O. The van der Waals surface area contributed by atoms with Gasteiger partial charge in [-0.1, -0.05) is 0 Å². The van der Waals surface area contributed by atoms with E-state index < -0.39 is 5.91 Å². The summed E-state index contributed by atoms with van der Waals surface area (Å²) in [5.74, 6) is -0.394. The lowest BCUT2D eigenvalue weighted by Gasteiger charge is -2.07. The van der Waals surface area contributed by atoms with Crippen molar-refractivity contribution < 1.29 is 4.79 Å². The van der Waals surface area contributed by atoms with Gasteiger partial charge in [0.05, 0.1) is 5.56 Å². The third-order valence-corrected chi connectivity index (χ3v) is 2.29. The highest BCUT2D eigenvalue weighted by Crippen LogP contribution is 2.17. The lowest BCUT2D eigenvalue weighted by Crippen LogP contribution is -2.14. The Labute approximate surface area is 90.8 Å². The summed E-state index contributed by atoms with van der Waals surface area (Å²) >= 11 is 2.15. The van der Waals surface area contributed by atoms with Gasteiger partial charge in [-0.05, 0) is 47.7 Å². The van der Waals surface area contributed by atoms with Gasteiger partial charge in [0.1, 0.15) is 0 Å². The minimum atomic E-state index is -0.394. The van der Waals surface area contributed by atoms with Crippen LogP contribution in [0.25, 0.3) is 0 Å². The molecule has 0 aliphatic carbocycles. The Morgan fingerprint density at radius 2 is 2.31 bits per heavy atom. The van der Waals surface area contributed by atoms with E-state index in [9.17, 15) is 4.79 Å². The molecule has 0 radical (unpaired) electrons. The van der Waals surface area contributed by atoms with Crippen LogP contribution in [0, 0.1) is 3.57 Å². The Bertz CT molecular complexity index is 325. The molecule has 1 rings (SSSR count). The number of amides is 1. The van der Waals surface area contributed by atoms with Gasteiger partial charge < -0.3 is 11.1 Å². The molecule has 0 spiro atoms. The summed E-state index contributed by atoms with van der Waals surface area (Å²) in [6, 6.07) is 5.58. The molecule has 0 saturated carbocycles. The van der Waals surface area contributed by atoms with E-state index in [0.29, 0.717) is 5.56 Å². The Morgan fingerprint density at radius 1 is 1.62 bits per heavy atom. The van der Waals surface area contributed by atoms with Crippen molar-refractivity contribution in [2.24, 2.45) is 5.73 Å². The molecule has 4 heteroatoms. The molecule has 1 aromatic carbocycles. The maximum absolute atomic E-state index is 11.0. The number of primary amides is 1. The Balaban J connectivity index is 3.10. The second kappa shape index (κ2) is 4.45. The molecule has 0 aliphatic heterocycles. The van der Waals surface area contributed by atoms with Crippen molar-refractivity contribution in [3.8, 4) is 0 Å². The van der Waals surface area contributed by atoms with Crippen molar-refractivity contribution in [3.05, 3.63) is 27.3 Å². The van der Waals surface area contributed by atoms with E-state index in [-0.39, 0.29) is 0 Å². The normalized spacial score (nSPS) is 9.69. The van der Waals surface area contributed by atoms with E-state index in [1.807, 2.05) is 19.1 Å². The van der Waals surface area contributed by atoms with Crippen molar-refractivity contribution in [1.29, 1.82) is 0 Å². The van der Waals surface area contributed by atoms with Gasteiger partial charge in [0.25, 0.3) is 5.91 Å². The van der Waals surface area contributed by atoms with Gasteiger partial charge in [0.15, 0.2) is 0 Å². The number of nitrogens with two attached hydrogens (primary N) is 1. The van der Waals surface area contributed by atoms with Gasteiger partial charge in [-0.3, -0.25) is 4.79 Å². The smallest absolute Gasteiger partial charge is 0.250 e. The van der Waals surface area contributed by atoms with Gasteiger partial charge >= 0.3 is 0 Å². The number of rotatable bonds is 3. The minimum Gasteiger partial charge on any atom is -0.385 e. The first-order valence-corrected chi connectivity index (χ1v) is 5.06. The topological polar surface area (TPSA) is 55.1 Å². The highest BCUT2D eigenvalue weighted by atomic mass is 127. The zero-order valence-corrected chi connectivity index (χ0v) is 9.46. The van der Waals surface area contributed by atoms with Crippen LogP contribution in [0.5, 0.6) is 0 Å². The molecule has 3 nitrogen and oxygen atoms in total. The number of benzene rings is 1. The third kappa shape index (κ3) is 2.58. The van der Waals surface area contributed by atoms with Crippen LogP contribution in [0.1, 0.15) is 17.3 Å². The molecule has 0 unspecified atom stereocenters. The number of carbonyl (C=O) groups excluding carboxylic acids is 1. The minimum absolute atomic E-state index is 0.394. The largest absolute Gasteiger partial charge is 0.385 e. The predicted octanol–water partition coefficient (Wildman–Crippen LogP) is 1.82. The van der Waals surface area contributed by atoms with Crippen molar-refractivity contribution in [2.45, 2.75) is 6.92 Å². The van der Waals surface area contributed by atoms with Crippen LogP contribution >= 0.6 is 22.6 Å². The molecule has 0 bridgehead atoms. The van der Waals surface area contributed by atoms with E-state index in [1.165, 1.54) is 0 Å². The SMILES string of the molecule is CCNc1ccc(I)cc1C(N)=O. The molecular weight excluding hydrogens is 279 g/mol. The molecule has 0 fully saturated rings. The monoisotopic (exact) mass is 290 g/mol. The average molecular weight is 290 g/mol. The first-order chi connectivity index (χ1) is 6.15. The summed E-state index contributed by atoms with van der Waals surface area (Å²) in [5, 5.41) is 3.08. The van der Waals surface area contributed by atoms with Crippen LogP contribution in [0.15, 0.2) is 18.2 Å². The van der Waals surface area contributed by atoms with Gasteiger partial charge in [-0.15, -0.1) is 0 Å². The van der Waals surface area contributed by atoms with E-state index in [4.69, 9.17) is 5.73 Å². The second-order valence-corrected chi connectivity index (χ2v) is 3.83. The maximum Gasteiger partial charge on any atom is 0.250 e. The Morgan fingerprint density at radius 3 is 2.85 bits per heavy atom. The number of halogens is 1. The quantitative estimate of drug-likeness (QED) is 0.834. The molecule has 1 amide bonds. The standard InChI is InChI=1S/C9H11IN2O/c1-2-12-8-4-3-6(10)5-7(8)9(11)13/h3-5,12H,2H2,1H3,(H2,11,13). The van der Waals surface area contributed by atoms with Crippen LogP contribution < -0.4 is 11.1 Å². The summed E-state index contributed by atoms with van der Waals surface area (Å²) in [5.41, 5.74) is 6.58. The van der Waals surface area contributed by atoms with Crippen molar-refractivity contribution in [1.82, 2.24) is 0 Å². The molecule has 0 aliphatic rings. The van der Waals surface area contributed by atoms with Crippen LogP contribution in [-0.2, 0) is 0 Å². The number of carbonyl (C=O) groups is 1. The second-order valence-electron chi connectivity index (χ2n) is 2.58. The fourth-order valence-electron chi connectivity index (χ4n) is 1.06. The zero-order chi connectivity index (χ0) is 9.84. The fraction of sp³-hybridized carbons (Fsp3) is 0.222. The van der Waals surface area contributed by atoms with Crippen LogP contribution in [-0.4, -0.2) is 12.5 Å². The maximum atomic E-state index is 11.0. The summed E-state index contributed by atoms with van der Waals surface area (Å²) in [4.78, 5) is 11.0. The van der Waals surface area contributed by atoms with Gasteiger partial charge in [-0.25, -0.2) is 0 Å². The fourth-order valence-corrected chi connectivity index (χ4v) is 1.56. The summed E-state index contributed by atoms with van der Waals surface area (Å²) < 4.78 is 1.01. The highest BCUT2D eigenvalue weighted by molar-refractivity contribution is 14.1. The van der Waals surface area contributed by atoms with Crippen LogP contribution in [0.2, 0.25) is 0 Å². The number of hydrogen-bond acceptors (Lipinski definition) is 2. The molecule has 1 aromatic rings. The van der Waals surface area contributed by atoms with Crippen molar-refractivity contribution >= 4 is 34.2 Å². The molecule has 0 atom stereocenters. The van der Waals surface area contributed by atoms with Crippen LogP contribution in [0.4, 0.5) is 5.69 Å². The molecule has 0 heterocycles. The molecule has 13 heavy (non-hydrogen) atoms. The number of hydrogen-bond donors (Lipinski definition) is 2. The first kappa shape index (κ1) is 10.3. The average Bonchev–Trinajstić information content (AvgIpc) is 2.08. The molecule has 3 N–H and O–H groups in total. The summed E-state index contributed by atoms with van der Waals surface area (Å²) in [7, 11) is 0. The highest BCUT2D eigenvalue weighted by Gasteiger charge is 2.07. The van der Waals surface area contributed by atoms with E-state index >= 15 is 0 Å². The van der Waals surface area contributed by atoms with E-state index in [0.717, 1.165) is 15.8 Å². The van der Waals surface area contributed by atoms with Crippen LogP contribution in [0.3, 0.4) is 0 Å². The lowest BCUT2D eigenvalue weighted by molar-refractivity contribution is 0.100. The predicted molar refractivity (Wildman–Crippen MR) is 61.8 cm³/mol. The van der Waals surface area contributed by atoms with Crippen molar-refractivity contribution in [3.63, 3.8) is 0 Å². The zero-order valence-electron chi connectivity index (χ0n) is 7.30. The van der Waals surface area contributed by atoms with Gasteiger partial charge in [-0.2, -0.15) is 0 Å².